The second-order valence-corrected chi connectivity index (χ2v) is 14.6. The minimum absolute atomic E-state index is 0.0180. The molecule has 5 rings (SSSR count). The summed E-state index contributed by atoms with van der Waals surface area (Å²) in [5.41, 5.74) is 5.12. The molecule has 45 heavy (non-hydrogen) atoms. The quantitative estimate of drug-likeness (QED) is 0.139. The van der Waals surface area contributed by atoms with Crippen LogP contribution in [0.4, 0.5) is 10.5 Å². The summed E-state index contributed by atoms with van der Waals surface area (Å²) >= 11 is -0.286. The minimum Gasteiger partial charge on any atom is -0.465 e. The van der Waals surface area contributed by atoms with Crippen molar-refractivity contribution in [3.8, 4) is 28.2 Å². The molecule has 1 amide bonds. The molecule has 1 heterocycles. The molecule has 236 valence electrons. The Balaban J connectivity index is 1.24. The Bertz CT molecular complexity index is 1650. The molecule has 1 aliphatic carbocycles. The van der Waals surface area contributed by atoms with Gasteiger partial charge in [-0.25, -0.2) is 4.79 Å². The van der Waals surface area contributed by atoms with Crippen molar-refractivity contribution in [1.82, 2.24) is 5.16 Å². The summed E-state index contributed by atoms with van der Waals surface area (Å²) in [4.78, 5) is 25.4. The third-order valence-corrected chi connectivity index (χ3v) is 10.3. The summed E-state index contributed by atoms with van der Waals surface area (Å²) < 4.78 is 22.8. The van der Waals surface area contributed by atoms with Crippen molar-refractivity contribution in [3.05, 3.63) is 89.6 Å². The predicted molar refractivity (Wildman–Crippen MR) is 178 cm³/mol. The predicted octanol–water partition coefficient (Wildman–Crippen LogP) is 8.56. The van der Waals surface area contributed by atoms with Crippen molar-refractivity contribution >= 4 is 28.9 Å². The molecule has 3 aromatic carbocycles. The van der Waals surface area contributed by atoms with Crippen LogP contribution in [0.3, 0.4) is 0 Å². The van der Waals surface area contributed by atoms with Crippen molar-refractivity contribution in [3.63, 3.8) is 0 Å². The first-order chi connectivity index (χ1) is 21.4. The molecule has 8 nitrogen and oxygen atoms in total. The SMILES string of the molecule is CCOC(=O)C1(c2ccc(-c3ccc(-c4onc(C)c4NC(=O)OC(C)c4cccc(O[S+](C)C(C)(C)C)c4)cc3)cc2)CC1. The fraction of sp³-hybridized carbons (Fsp3) is 0.361. The summed E-state index contributed by atoms with van der Waals surface area (Å²) in [5.74, 6) is 1.04. The van der Waals surface area contributed by atoms with Crippen molar-refractivity contribution in [1.29, 1.82) is 0 Å². The maximum atomic E-state index is 13.0. The molecule has 9 heteroatoms. The average molecular weight is 630 g/mol. The van der Waals surface area contributed by atoms with Gasteiger partial charge in [-0.3, -0.25) is 14.3 Å². The highest BCUT2D eigenvalue weighted by atomic mass is 32.2. The minimum atomic E-state index is -0.612. The van der Waals surface area contributed by atoms with E-state index in [4.69, 9.17) is 18.2 Å². The average Bonchev–Trinajstić information content (AvgIpc) is 3.76. The molecule has 1 N–H and O–H groups in total. The third kappa shape index (κ3) is 7.20. The first kappa shape index (κ1) is 32.2. The molecule has 4 aromatic rings. The zero-order chi connectivity index (χ0) is 32.4. The van der Waals surface area contributed by atoms with E-state index >= 15 is 0 Å². The number of rotatable bonds is 10. The van der Waals surface area contributed by atoms with Gasteiger partial charge in [-0.2, -0.15) is 0 Å². The van der Waals surface area contributed by atoms with E-state index in [-0.39, 0.29) is 21.9 Å². The van der Waals surface area contributed by atoms with E-state index in [1.807, 2.05) is 86.6 Å². The van der Waals surface area contributed by atoms with E-state index < -0.39 is 17.6 Å². The maximum Gasteiger partial charge on any atom is 0.412 e. The van der Waals surface area contributed by atoms with Gasteiger partial charge in [0.1, 0.15) is 23.7 Å². The monoisotopic (exact) mass is 629 g/mol. The van der Waals surface area contributed by atoms with Gasteiger partial charge in [0, 0.05) is 5.56 Å². The van der Waals surface area contributed by atoms with Crippen LogP contribution in [-0.4, -0.2) is 34.8 Å². The van der Waals surface area contributed by atoms with E-state index in [0.717, 1.165) is 46.4 Å². The molecule has 0 bridgehead atoms. The van der Waals surface area contributed by atoms with Crippen molar-refractivity contribution in [2.75, 3.05) is 18.2 Å². The molecule has 1 aliphatic rings. The molecule has 1 saturated carbocycles. The van der Waals surface area contributed by atoms with Gasteiger partial charge in [0.15, 0.2) is 27.4 Å². The van der Waals surface area contributed by atoms with Crippen molar-refractivity contribution < 1.29 is 27.8 Å². The summed E-state index contributed by atoms with van der Waals surface area (Å²) in [6, 6.07) is 23.5. The lowest BCUT2D eigenvalue weighted by Gasteiger charge is -2.17. The number of amides is 1. The molecule has 2 atom stereocenters. The molecule has 1 aromatic heterocycles. The topological polar surface area (TPSA) is 99.9 Å². The smallest absolute Gasteiger partial charge is 0.412 e. The van der Waals surface area contributed by atoms with Crippen LogP contribution in [-0.2, 0) is 30.9 Å². The second-order valence-electron chi connectivity index (χ2n) is 12.3. The summed E-state index contributed by atoms with van der Waals surface area (Å²) in [6.45, 7) is 12.2. The molecule has 1 fully saturated rings. The molecule has 0 radical (unpaired) electrons. The number of nitrogens with one attached hydrogen (secondary N) is 1. The summed E-state index contributed by atoms with van der Waals surface area (Å²) in [7, 11) is 0. The largest absolute Gasteiger partial charge is 0.465 e. The number of carbonyl (C=O) groups is 2. The zero-order valence-corrected chi connectivity index (χ0v) is 27.7. The Kier molecular flexibility index (Phi) is 9.30. The highest BCUT2D eigenvalue weighted by Gasteiger charge is 2.52. The highest BCUT2D eigenvalue weighted by molar-refractivity contribution is 7.93. The maximum absolute atomic E-state index is 13.0. The molecule has 0 saturated heterocycles. The van der Waals surface area contributed by atoms with Gasteiger partial charge in [-0.05, 0) is 88.8 Å². The summed E-state index contributed by atoms with van der Waals surface area (Å²) in [5, 5.41) is 6.92. The van der Waals surface area contributed by atoms with Crippen molar-refractivity contribution in [2.24, 2.45) is 0 Å². The Morgan fingerprint density at radius 3 is 2.22 bits per heavy atom. The number of benzene rings is 3. The van der Waals surface area contributed by atoms with Crippen LogP contribution in [0.25, 0.3) is 22.5 Å². The van der Waals surface area contributed by atoms with Crippen LogP contribution in [0.15, 0.2) is 77.3 Å². The van der Waals surface area contributed by atoms with Gasteiger partial charge in [0.25, 0.3) is 0 Å². The van der Waals surface area contributed by atoms with E-state index in [1.165, 1.54) is 0 Å². The third-order valence-electron chi connectivity index (χ3n) is 8.12. The van der Waals surface area contributed by atoms with Crippen LogP contribution >= 0.6 is 0 Å². The molecule has 0 aliphatic heterocycles. The Morgan fingerprint density at radius 1 is 1.00 bits per heavy atom. The van der Waals surface area contributed by atoms with Gasteiger partial charge < -0.3 is 14.0 Å². The van der Waals surface area contributed by atoms with Crippen LogP contribution in [0.1, 0.15) is 70.4 Å². The van der Waals surface area contributed by atoms with Crippen molar-refractivity contribution in [2.45, 2.75) is 70.7 Å². The lowest BCUT2D eigenvalue weighted by atomic mass is 9.93. The molecular weight excluding hydrogens is 588 g/mol. The zero-order valence-electron chi connectivity index (χ0n) is 26.9. The fourth-order valence-electron chi connectivity index (χ4n) is 4.96. The fourth-order valence-corrected chi connectivity index (χ4v) is 5.61. The Hall–Kier alpha value is -4.24. The number of nitrogens with zero attached hydrogens (tertiary/aromatic N) is 1. The lowest BCUT2D eigenvalue weighted by Crippen LogP contribution is -2.31. The first-order valence-electron chi connectivity index (χ1n) is 15.2. The van der Waals surface area contributed by atoms with E-state index in [1.54, 1.807) is 6.92 Å². The van der Waals surface area contributed by atoms with E-state index in [2.05, 4.69) is 37.5 Å². The summed E-state index contributed by atoms with van der Waals surface area (Å²) in [6.07, 6.45) is 2.58. The molecule has 2 unspecified atom stereocenters. The number of hydrogen-bond donors (Lipinski definition) is 1. The number of hydrogen-bond acceptors (Lipinski definition) is 7. The van der Waals surface area contributed by atoms with Crippen LogP contribution in [0.5, 0.6) is 5.75 Å². The highest BCUT2D eigenvalue weighted by Crippen LogP contribution is 2.49. The number of aryl methyl sites for hydroxylation is 1. The van der Waals surface area contributed by atoms with Gasteiger partial charge in [-0.1, -0.05) is 65.8 Å². The lowest BCUT2D eigenvalue weighted by molar-refractivity contribution is -0.146. The standard InChI is InChI=1S/C36H40N2O6S/c1-8-41-33(39)36(20-21-36)29-18-16-26(17-19-29)25-12-14-27(15-13-25)32-31(23(2)38-43-32)37-34(40)42-24(3)28-10-9-11-30(22-28)44-45(7)35(4,5)6/h9-19,22,24H,8,20-21H2,1-7H3/p+1. The number of ether oxygens (including phenoxy) is 2. The molecular formula is C36H41N2O6S+. The van der Waals surface area contributed by atoms with Crippen LogP contribution in [0.2, 0.25) is 0 Å². The van der Waals surface area contributed by atoms with Gasteiger partial charge in [0.2, 0.25) is 0 Å². The van der Waals surface area contributed by atoms with Gasteiger partial charge in [0.05, 0.1) is 12.0 Å². The number of carbonyl (C=O) groups excluding carboxylic acids is 2. The molecule has 0 spiro atoms. The van der Waals surface area contributed by atoms with Crippen LogP contribution in [0, 0.1) is 6.92 Å². The number of anilines is 1. The Morgan fingerprint density at radius 2 is 1.62 bits per heavy atom. The van der Waals surface area contributed by atoms with Gasteiger partial charge >= 0.3 is 12.1 Å². The first-order valence-corrected chi connectivity index (χ1v) is 16.7. The Labute approximate surface area is 268 Å². The second kappa shape index (κ2) is 13.0. The number of esters is 1. The van der Waals surface area contributed by atoms with Gasteiger partial charge in [-0.15, -0.1) is 0 Å². The van der Waals surface area contributed by atoms with E-state index in [0.29, 0.717) is 23.7 Å². The number of aromatic nitrogens is 1. The van der Waals surface area contributed by atoms with E-state index in [9.17, 15) is 9.59 Å². The normalized spacial score (nSPS) is 15.1. The van der Waals surface area contributed by atoms with Crippen LogP contribution < -0.4 is 9.50 Å².